The lowest BCUT2D eigenvalue weighted by Crippen LogP contribution is -2.74. The number of likely N-dealkylation sites (tertiary alicyclic amines) is 1. The Kier molecular flexibility index (Phi) is 18.9. The van der Waals surface area contributed by atoms with Gasteiger partial charge in [0, 0.05) is 41.5 Å². The summed E-state index contributed by atoms with van der Waals surface area (Å²) in [7, 11) is 1.69. The molecule has 1 heterocycles. The van der Waals surface area contributed by atoms with Gasteiger partial charge >= 0.3 is 0 Å². The number of nitrogens with one attached hydrogen (secondary N) is 4. The van der Waals surface area contributed by atoms with Gasteiger partial charge in [-0.3, -0.25) is 19.2 Å². The molecule has 0 spiro atoms. The highest BCUT2D eigenvalue weighted by Gasteiger charge is 2.64. The fourth-order valence-corrected chi connectivity index (χ4v) is 10.4. The van der Waals surface area contributed by atoms with E-state index in [0.29, 0.717) is 106 Å². The highest BCUT2D eigenvalue weighted by atomic mass is 35.5. The van der Waals surface area contributed by atoms with Crippen LogP contribution in [0.5, 0.6) is 11.5 Å². The molecule has 16 nitrogen and oxygen atoms in total. The van der Waals surface area contributed by atoms with Crippen LogP contribution in [0.2, 0.25) is 5.02 Å². The lowest BCUT2D eigenvalue weighted by atomic mass is 9.49. The van der Waals surface area contributed by atoms with Crippen LogP contribution in [0.25, 0.3) is 0 Å². The second-order valence-electron chi connectivity index (χ2n) is 20.8. The SMILES string of the molecule is CN[C@@H](C)C(=O)NC(C(=O)N1CCC[C@H]1C(=O)N[C@H]1c2ccccc2C[C@H]1OCCOCCOCCOCCOc1ccc(C(=O)NC2C(C)(C)C(Oc3ccc(C#N)c(Cl)c3)C2(C)C)cc1)C(C)(C)C. The van der Waals surface area contributed by atoms with Gasteiger partial charge in [-0.1, -0.05) is 84.3 Å². The monoisotopic (exact) mass is 1000 g/mol. The van der Waals surface area contributed by atoms with Crippen molar-refractivity contribution >= 4 is 35.2 Å². The first-order chi connectivity index (χ1) is 33.8. The molecule has 0 bridgehead atoms. The van der Waals surface area contributed by atoms with Gasteiger partial charge < -0.3 is 54.6 Å². The van der Waals surface area contributed by atoms with Crippen LogP contribution < -0.4 is 30.7 Å². The minimum Gasteiger partial charge on any atom is -0.491 e. The first-order valence-corrected chi connectivity index (χ1v) is 25.1. The minimum atomic E-state index is -0.795. The molecule has 3 aliphatic rings. The van der Waals surface area contributed by atoms with E-state index in [1.807, 2.05) is 45.0 Å². The van der Waals surface area contributed by atoms with Gasteiger partial charge in [-0.05, 0) is 79.8 Å². The van der Waals surface area contributed by atoms with Crippen molar-refractivity contribution in [1.82, 2.24) is 26.2 Å². The van der Waals surface area contributed by atoms with Crippen molar-refractivity contribution in [1.29, 1.82) is 5.26 Å². The Labute approximate surface area is 424 Å². The topological polar surface area (TPSA) is 199 Å². The highest BCUT2D eigenvalue weighted by molar-refractivity contribution is 6.31. The Morgan fingerprint density at radius 1 is 0.845 bits per heavy atom. The smallest absolute Gasteiger partial charge is 0.251 e. The van der Waals surface area contributed by atoms with Crippen LogP contribution in [0.4, 0.5) is 0 Å². The van der Waals surface area contributed by atoms with E-state index in [1.54, 1.807) is 61.3 Å². The number of ether oxygens (including phenoxy) is 6. The Balaban J connectivity index is 0.837. The lowest BCUT2D eigenvalue weighted by Gasteiger charge is -2.63. The quantitative estimate of drug-likeness (QED) is 0.0745. The number of hydrogen-bond donors (Lipinski definition) is 4. The van der Waals surface area contributed by atoms with Crippen LogP contribution in [0, 0.1) is 27.6 Å². The predicted molar refractivity (Wildman–Crippen MR) is 269 cm³/mol. The van der Waals surface area contributed by atoms with Crippen LogP contribution in [0.1, 0.15) is 101 Å². The number of carbonyl (C=O) groups excluding carboxylic acids is 4. The Morgan fingerprint density at radius 3 is 2.08 bits per heavy atom. The average molecular weight is 1000 g/mol. The highest BCUT2D eigenvalue weighted by Crippen LogP contribution is 2.55. The van der Waals surface area contributed by atoms with Crippen molar-refractivity contribution in [3.05, 3.63) is 94.0 Å². The number of nitriles is 1. The summed E-state index contributed by atoms with van der Waals surface area (Å²) in [5, 5.41) is 21.8. The van der Waals surface area contributed by atoms with Gasteiger partial charge in [-0.25, -0.2) is 0 Å². The van der Waals surface area contributed by atoms with Gasteiger partial charge in [0.2, 0.25) is 17.7 Å². The number of likely N-dealkylation sites (N-methyl/N-ethyl adjacent to an activating group) is 1. The van der Waals surface area contributed by atoms with E-state index in [1.165, 1.54) is 0 Å². The first kappa shape index (κ1) is 55.0. The zero-order chi connectivity index (χ0) is 51.5. The van der Waals surface area contributed by atoms with E-state index in [4.69, 9.17) is 40.0 Å². The molecule has 17 heteroatoms. The molecule has 1 unspecified atom stereocenters. The normalized spacial score (nSPS) is 21.8. The molecule has 6 rings (SSSR count). The third kappa shape index (κ3) is 13.6. The van der Waals surface area contributed by atoms with Crippen LogP contribution in [-0.4, -0.2) is 131 Å². The molecule has 5 atom stereocenters. The van der Waals surface area contributed by atoms with E-state index in [0.717, 1.165) is 11.1 Å². The molecule has 4 N–H and O–H groups in total. The third-order valence-corrected chi connectivity index (χ3v) is 14.2. The molecule has 386 valence electrons. The van der Waals surface area contributed by atoms with E-state index in [-0.39, 0.29) is 52.7 Å². The van der Waals surface area contributed by atoms with Crippen molar-refractivity contribution in [2.24, 2.45) is 16.2 Å². The predicted octanol–water partition coefficient (Wildman–Crippen LogP) is 6.18. The standard InChI is InChI=1S/C54H73ClN6O10/c1-34(57-9)46(62)59-45(52(2,3)4)49(65)61-22-12-15-42(61)48(64)58-44-40-14-11-10-13-36(40)31-43(44)70-30-28-68-26-24-66-23-25-67-27-29-69-38-19-16-35(17-20-38)47(63)60-50-53(5,6)51(54(50,7)8)71-39-21-18-37(33-56)41(55)32-39/h10-11,13-14,16-21,32,34,42-45,50-51,57H,12,15,22-31H2,1-9H3,(H,58,64)(H,59,62)(H,60,63)/t34-,42-,43+,44-,45?,50?,51?/m0/s1. The third-order valence-electron chi connectivity index (χ3n) is 13.9. The minimum absolute atomic E-state index is 0.161. The maximum atomic E-state index is 14.0. The molecule has 3 aromatic carbocycles. The Morgan fingerprint density at radius 2 is 1.46 bits per heavy atom. The van der Waals surface area contributed by atoms with Gasteiger partial charge in [0.1, 0.15) is 42.4 Å². The number of benzene rings is 3. The summed E-state index contributed by atoms with van der Waals surface area (Å²) in [6.45, 7) is 19.1. The van der Waals surface area contributed by atoms with E-state index in [9.17, 15) is 24.4 Å². The van der Waals surface area contributed by atoms with Gasteiger partial charge in [0.05, 0.1) is 75.0 Å². The van der Waals surface area contributed by atoms with Crippen molar-refractivity contribution < 1.29 is 47.6 Å². The number of halogens is 1. The molecule has 2 fully saturated rings. The fraction of sp³-hybridized carbons (Fsp3) is 0.574. The summed E-state index contributed by atoms with van der Waals surface area (Å²) in [5.41, 5.74) is 1.67. The van der Waals surface area contributed by atoms with Crippen molar-refractivity contribution in [3.8, 4) is 17.6 Å². The number of carbonyl (C=O) groups is 4. The van der Waals surface area contributed by atoms with E-state index < -0.39 is 29.6 Å². The first-order valence-electron chi connectivity index (χ1n) is 24.7. The molecular weight excluding hydrogens is 928 g/mol. The van der Waals surface area contributed by atoms with Crippen LogP contribution >= 0.6 is 11.6 Å². The number of amides is 4. The average Bonchev–Trinajstić information content (AvgIpc) is 3.97. The van der Waals surface area contributed by atoms with Crippen LogP contribution in [0.3, 0.4) is 0 Å². The Hall–Kier alpha value is -5.28. The van der Waals surface area contributed by atoms with Gasteiger partial charge in [0.25, 0.3) is 5.91 Å². The number of nitrogens with zero attached hydrogens (tertiary/aromatic N) is 2. The number of rotatable bonds is 24. The summed E-state index contributed by atoms with van der Waals surface area (Å²) in [6, 6.07) is 19.6. The summed E-state index contributed by atoms with van der Waals surface area (Å²) in [4.78, 5) is 55.7. The molecule has 2 aliphatic carbocycles. The molecular formula is C54H73ClN6O10. The summed E-state index contributed by atoms with van der Waals surface area (Å²) in [5.74, 6) is 0.249. The molecule has 71 heavy (non-hydrogen) atoms. The Bertz CT molecular complexity index is 2330. The van der Waals surface area contributed by atoms with Crippen molar-refractivity contribution in [2.45, 2.75) is 117 Å². The molecule has 1 saturated heterocycles. The zero-order valence-corrected chi connectivity index (χ0v) is 43.5. The fourth-order valence-electron chi connectivity index (χ4n) is 10.2. The molecule has 0 aromatic heterocycles. The molecule has 3 aromatic rings. The zero-order valence-electron chi connectivity index (χ0n) is 42.7. The molecule has 0 radical (unpaired) electrons. The second-order valence-corrected chi connectivity index (χ2v) is 21.2. The molecule has 1 aliphatic heterocycles. The van der Waals surface area contributed by atoms with E-state index in [2.05, 4.69) is 55.0 Å². The summed E-state index contributed by atoms with van der Waals surface area (Å²) >= 11 is 6.24. The number of hydrogen-bond acceptors (Lipinski definition) is 12. The van der Waals surface area contributed by atoms with Gasteiger partial charge in [0.15, 0.2) is 0 Å². The van der Waals surface area contributed by atoms with Crippen molar-refractivity contribution in [2.75, 3.05) is 66.4 Å². The van der Waals surface area contributed by atoms with E-state index >= 15 is 0 Å². The largest absolute Gasteiger partial charge is 0.491 e. The van der Waals surface area contributed by atoms with Gasteiger partial charge in [-0.2, -0.15) is 5.26 Å². The maximum Gasteiger partial charge on any atom is 0.251 e. The summed E-state index contributed by atoms with van der Waals surface area (Å²) in [6.07, 6.45) is 1.34. The molecule has 4 amide bonds. The van der Waals surface area contributed by atoms with Crippen LogP contribution in [0.15, 0.2) is 66.7 Å². The molecule has 1 saturated carbocycles. The van der Waals surface area contributed by atoms with Crippen LogP contribution in [-0.2, 0) is 39.8 Å². The second kappa shape index (κ2) is 24.4. The van der Waals surface area contributed by atoms with Crippen molar-refractivity contribution in [3.63, 3.8) is 0 Å². The lowest BCUT2D eigenvalue weighted by molar-refractivity contribution is -0.164. The van der Waals surface area contributed by atoms with Gasteiger partial charge in [-0.15, -0.1) is 0 Å². The summed E-state index contributed by atoms with van der Waals surface area (Å²) < 4.78 is 35.6. The number of fused-ring (bicyclic) bond motifs is 1. The maximum absolute atomic E-state index is 14.0.